The third kappa shape index (κ3) is 2.85. The minimum absolute atomic E-state index is 0. The maximum atomic E-state index is 4.45. The molecule has 23 heavy (non-hydrogen) atoms. The van der Waals surface area contributed by atoms with Crippen molar-refractivity contribution in [2.24, 2.45) is 0 Å². The molecule has 117 valence electrons. The number of hydrogen-bond acceptors (Lipinski definition) is 4. The second-order valence-corrected chi connectivity index (χ2v) is 5.30. The first kappa shape index (κ1) is 15.7. The van der Waals surface area contributed by atoms with Crippen molar-refractivity contribution in [3.63, 3.8) is 0 Å². The zero-order chi connectivity index (χ0) is 14.9. The first-order valence-corrected chi connectivity index (χ1v) is 7.20. The summed E-state index contributed by atoms with van der Waals surface area (Å²) < 4.78 is 0. The molecule has 1 aliphatic rings. The molecule has 0 N–H and O–H groups in total. The third-order valence-electron chi connectivity index (χ3n) is 3.83. The fourth-order valence-corrected chi connectivity index (χ4v) is 2.71. The van der Waals surface area contributed by atoms with Gasteiger partial charge in [-0.1, -0.05) is 41.6 Å². The van der Waals surface area contributed by atoms with Crippen LogP contribution in [0.2, 0.25) is 0 Å². The number of anilines is 3. The van der Waals surface area contributed by atoms with Gasteiger partial charge in [-0.25, -0.2) is 9.97 Å². The molecule has 2 aromatic carbocycles. The van der Waals surface area contributed by atoms with Gasteiger partial charge < -0.3 is 9.80 Å². The van der Waals surface area contributed by atoms with Crippen molar-refractivity contribution >= 4 is 17.3 Å². The van der Waals surface area contributed by atoms with E-state index in [-0.39, 0.29) is 20.1 Å². The van der Waals surface area contributed by atoms with Crippen molar-refractivity contribution in [2.45, 2.75) is 0 Å². The number of benzene rings is 2. The normalized spacial score (nSPS) is 12.7. The van der Waals surface area contributed by atoms with E-state index in [4.69, 9.17) is 0 Å². The molecule has 0 fully saturated rings. The zero-order valence-electron chi connectivity index (χ0n) is 12.6. The molecule has 0 saturated heterocycles. The van der Waals surface area contributed by atoms with Crippen molar-refractivity contribution in [3.8, 4) is 11.1 Å². The minimum atomic E-state index is 0. The second kappa shape index (κ2) is 6.49. The van der Waals surface area contributed by atoms with Gasteiger partial charge >= 0.3 is 0 Å². The Kier molecular flexibility index (Phi) is 4.42. The molecule has 1 aliphatic heterocycles. The molecule has 0 bridgehead atoms. The van der Waals surface area contributed by atoms with Gasteiger partial charge in [0.25, 0.3) is 0 Å². The van der Waals surface area contributed by atoms with Gasteiger partial charge in [0.05, 0.1) is 6.67 Å². The van der Waals surface area contributed by atoms with Gasteiger partial charge in [0.1, 0.15) is 0 Å². The van der Waals surface area contributed by atoms with Gasteiger partial charge in [-0.3, -0.25) is 0 Å². The zero-order valence-corrected chi connectivity index (χ0v) is 15.0. The van der Waals surface area contributed by atoms with E-state index in [1.807, 2.05) is 31.3 Å². The van der Waals surface area contributed by atoms with Gasteiger partial charge in [-0.15, -0.1) is 11.6 Å². The Morgan fingerprint density at radius 3 is 2.35 bits per heavy atom. The average molecular weight is 480 g/mol. The fourth-order valence-electron chi connectivity index (χ4n) is 2.71. The van der Waals surface area contributed by atoms with E-state index in [2.05, 4.69) is 50.1 Å². The van der Waals surface area contributed by atoms with Crippen LogP contribution in [0.25, 0.3) is 11.1 Å². The Hall–Kier alpha value is -2.23. The summed E-state index contributed by atoms with van der Waals surface area (Å²) in [6.45, 7) is 0.737. The van der Waals surface area contributed by atoms with Crippen molar-refractivity contribution in [1.82, 2.24) is 9.97 Å². The van der Waals surface area contributed by atoms with Crippen LogP contribution in [0.3, 0.4) is 0 Å². The topological polar surface area (TPSA) is 32.3 Å². The monoisotopic (exact) mass is 480 g/mol. The number of aromatic nitrogens is 2. The standard InChI is InChI=1S/C18H15N4.Ir/c1-21-13-22(18-17(21)19-11-12-20-18)16-9-7-15(8-10-16)14-5-3-2-4-6-14;/h2-9,11-12H,13H2,1H3;/q-1;. The molecule has 0 aliphatic carbocycles. The summed E-state index contributed by atoms with van der Waals surface area (Å²) in [7, 11) is 2.02. The van der Waals surface area contributed by atoms with Crippen molar-refractivity contribution in [2.75, 3.05) is 23.5 Å². The largest absolute Gasteiger partial charge is 0.339 e. The minimum Gasteiger partial charge on any atom is -0.339 e. The molecule has 0 saturated carbocycles. The average Bonchev–Trinajstić information content (AvgIpc) is 2.93. The van der Waals surface area contributed by atoms with Crippen molar-refractivity contribution in [1.29, 1.82) is 0 Å². The molecule has 3 aromatic rings. The van der Waals surface area contributed by atoms with Gasteiger partial charge in [-0.2, -0.15) is 18.2 Å². The first-order chi connectivity index (χ1) is 10.8. The number of fused-ring (bicyclic) bond motifs is 1. The Morgan fingerprint density at radius 2 is 1.65 bits per heavy atom. The quantitative estimate of drug-likeness (QED) is 0.527. The fraction of sp³-hybridized carbons (Fsp3) is 0.111. The Morgan fingerprint density at radius 1 is 0.913 bits per heavy atom. The summed E-state index contributed by atoms with van der Waals surface area (Å²) in [6.07, 6.45) is 3.45. The number of rotatable bonds is 2. The van der Waals surface area contributed by atoms with E-state index < -0.39 is 0 Å². The van der Waals surface area contributed by atoms with Crippen LogP contribution in [-0.2, 0) is 20.1 Å². The predicted octanol–water partition coefficient (Wildman–Crippen LogP) is 3.49. The van der Waals surface area contributed by atoms with Crippen LogP contribution in [0.1, 0.15) is 0 Å². The summed E-state index contributed by atoms with van der Waals surface area (Å²) >= 11 is 0. The van der Waals surface area contributed by atoms with Gasteiger partial charge in [0.2, 0.25) is 0 Å². The van der Waals surface area contributed by atoms with E-state index in [1.165, 1.54) is 5.56 Å². The van der Waals surface area contributed by atoms with Crippen LogP contribution in [-0.4, -0.2) is 23.7 Å². The second-order valence-electron chi connectivity index (χ2n) is 5.30. The molecule has 4 nitrogen and oxygen atoms in total. The maximum absolute atomic E-state index is 4.45. The summed E-state index contributed by atoms with van der Waals surface area (Å²) in [6, 6.07) is 19.9. The van der Waals surface area contributed by atoms with Crippen molar-refractivity contribution in [3.05, 3.63) is 67.0 Å². The van der Waals surface area contributed by atoms with E-state index in [9.17, 15) is 0 Å². The maximum Gasteiger partial charge on any atom is 0.176 e. The molecule has 2 heterocycles. The summed E-state index contributed by atoms with van der Waals surface area (Å²) in [4.78, 5) is 13.0. The third-order valence-corrected chi connectivity index (χ3v) is 3.83. The van der Waals surface area contributed by atoms with Crippen LogP contribution >= 0.6 is 0 Å². The van der Waals surface area contributed by atoms with Crippen LogP contribution in [0.5, 0.6) is 0 Å². The molecule has 4 rings (SSSR count). The molecule has 0 amide bonds. The smallest absolute Gasteiger partial charge is 0.176 e. The molecule has 0 atom stereocenters. The molecule has 1 aromatic heterocycles. The van der Waals surface area contributed by atoms with Gasteiger partial charge in [0, 0.05) is 39.5 Å². The van der Waals surface area contributed by atoms with E-state index in [0.29, 0.717) is 0 Å². The molecule has 1 radical (unpaired) electrons. The van der Waals surface area contributed by atoms with Crippen LogP contribution in [0, 0.1) is 6.07 Å². The van der Waals surface area contributed by atoms with E-state index in [0.717, 1.165) is 29.6 Å². The molecular formula is C18H15IrN4-. The number of nitrogens with zero attached hydrogens (tertiary/aromatic N) is 4. The van der Waals surface area contributed by atoms with E-state index in [1.54, 1.807) is 12.4 Å². The predicted molar refractivity (Wildman–Crippen MR) is 88.2 cm³/mol. The van der Waals surface area contributed by atoms with E-state index >= 15 is 0 Å². The van der Waals surface area contributed by atoms with Crippen LogP contribution in [0.15, 0.2) is 60.9 Å². The Bertz CT molecular complexity index is 790. The summed E-state index contributed by atoms with van der Waals surface area (Å²) in [5, 5.41) is 0. The first-order valence-electron chi connectivity index (χ1n) is 7.20. The molecule has 5 heteroatoms. The Labute approximate surface area is 149 Å². The van der Waals surface area contributed by atoms with Gasteiger partial charge in [0.15, 0.2) is 11.6 Å². The van der Waals surface area contributed by atoms with Gasteiger partial charge in [-0.05, 0) is 0 Å². The SMILES string of the molecule is CN1CN(c2[c-]cc(-c3ccccc3)cc2)c2nccnc21.[Ir]. The Balaban J connectivity index is 0.00000156. The molecular weight excluding hydrogens is 464 g/mol. The molecule has 0 spiro atoms. The van der Waals surface area contributed by atoms with Crippen molar-refractivity contribution < 1.29 is 20.1 Å². The van der Waals surface area contributed by atoms with Crippen LogP contribution < -0.4 is 9.80 Å². The summed E-state index contributed by atoms with van der Waals surface area (Å²) in [5.74, 6) is 1.79. The number of hydrogen-bond donors (Lipinski definition) is 0. The van der Waals surface area contributed by atoms with Crippen LogP contribution in [0.4, 0.5) is 17.3 Å². The summed E-state index contributed by atoms with van der Waals surface area (Å²) in [5.41, 5.74) is 3.37. The molecule has 0 unspecified atom stereocenters.